The van der Waals surface area contributed by atoms with Gasteiger partial charge in [-0.25, -0.2) is 0 Å². The summed E-state index contributed by atoms with van der Waals surface area (Å²) >= 11 is 0. The number of likely N-dealkylation sites (N-methyl/N-ethyl adjacent to an activating group) is 1. The average Bonchev–Trinajstić information content (AvgIpc) is 2.77. The molecule has 1 rings (SSSR count). The van der Waals surface area contributed by atoms with Gasteiger partial charge < -0.3 is 5.11 Å². The Bertz CT molecular complexity index is 166. The van der Waals surface area contributed by atoms with E-state index in [1.54, 1.807) is 0 Å². The molecule has 0 aromatic heterocycles. The fraction of sp³-hybridized carbons (Fsp3) is 1.00. The molecule has 2 heteroatoms. The first-order valence-electron chi connectivity index (χ1n) is 6.61. The van der Waals surface area contributed by atoms with Gasteiger partial charge >= 0.3 is 0 Å². The Kier molecular flexibility index (Phi) is 5.62. The van der Waals surface area contributed by atoms with Gasteiger partial charge in [-0.15, -0.1) is 0 Å². The Morgan fingerprint density at radius 3 is 2.33 bits per heavy atom. The van der Waals surface area contributed by atoms with Gasteiger partial charge in [-0.1, -0.05) is 40.0 Å². The van der Waals surface area contributed by atoms with E-state index in [-0.39, 0.29) is 6.10 Å². The Morgan fingerprint density at radius 2 is 1.87 bits per heavy atom. The molecule has 1 saturated carbocycles. The van der Waals surface area contributed by atoms with Crippen LogP contribution >= 0.6 is 0 Å². The van der Waals surface area contributed by atoms with E-state index < -0.39 is 0 Å². The van der Waals surface area contributed by atoms with Crippen LogP contribution in [0.1, 0.15) is 52.9 Å². The second-order valence-corrected chi connectivity index (χ2v) is 4.98. The van der Waals surface area contributed by atoms with Gasteiger partial charge in [0.2, 0.25) is 0 Å². The minimum absolute atomic E-state index is 0.143. The van der Waals surface area contributed by atoms with E-state index in [0.29, 0.717) is 5.92 Å². The molecule has 0 aliphatic heterocycles. The van der Waals surface area contributed by atoms with E-state index in [4.69, 9.17) is 0 Å². The monoisotopic (exact) mass is 213 g/mol. The van der Waals surface area contributed by atoms with E-state index in [1.165, 1.54) is 25.7 Å². The van der Waals surface area contributed by atoms with Crippen LogP contribution in [-0.2, 0) is 0 Å². The molecule has 15 heavy (non-hydrogen) atoms. The predicted molar refractivity (Wildman–Crippen MR) is 65.0 cm³/mol. The van der Waals surface area contributed by atoms with Gasteiger partial charge in [0, 0.05) is 12.6 Å². The van der Waals surface area contributed by atoms with Crippen molar-refractivity contribution in [3.05, 3.63) is 0 Å². The van der Waals surface area contributed by atoms with Gasteiger partial charge in [-0.2, -0.15) is 0 Å². The summed E-state index contributed by atoms with van der Waals surface area (Å²) in [6, 6.07) is 0.744. The summed E-state index contributed by atoms with van der Waals surface area (Å²) in [5, 5.41) is 10.0. The quantitative estimate of drug-likeness (QED) is 0.733. The van der Waals surface area contributed by atoms with Gasteiger partial charge in [0.05, 0.1) is 6.10 Å². The van der Waals surface area contributed by atoms with Crippen molar-refractivity contribution < 1.29 is 5.11 Å². The number of hydrogen-bond donors (Lipinski definition) is 1. The van der Waals surface area contributed by atoms with Gasteiger partial charge in [-0.3, -0.25) is 4.90 Å². The molecule has 1 fully saturated rings. The molecule has 1 N–H and O–H groups in total. The third-order valence-corrected chi connectivity index (χ3v) is 3.97. The van der Waals surface area contributed by atoms with Crippen LogP contribution in [-0.4, -0.2) is 35.2 Å². The normalized spacial score (nSPS) is 22.2. The molecule has 2 nitrogen and oxygen atoms in total. The SMILES string of the molecule is CCC(C)C(O)CN(CC)C1CCCC1. The van der Waals surface area contributed by atoms with Crippen LogP contribution in [0.3, 0.4) is 0 Å². The first-order chi connectivity index (χ1) is 7.19. The maximum Gasteiger partial charge on any atom is 0.0692 e. The molecule has 0 radical (unpaired) electrons. The van der Waals surface area contributed by atoms with Crippen molar-refractivity contribution in [2.75, 3.05) is 13.1 Å². The molecule has 1 aliphatic rings. The highest BCUT2D eigenvalue weighted by molar-refractivity contribution is 4.79. The van der Waals surface area contributed by atoms with Crippen LogP contribution in [0.15, 0.2) is 0 Å². The van der Waals surface area contributed by atoms with Crippen molar-refractivity contribution >= 4 is 0 Å². The topological polar surface area (TPSA) is 23.5 Å². The number of nitrogens with zero attached hydrogens (tertiary/aromatic N) is 1. The highest BCUT2D eigenvalue weighted by Gasteiger charge is 2.24. The highest BCUT2D eigenvalue weighted by Crippen LogP contribution is 2.24. The van der Waals surface area contributed by atoms with E-state index in [0.717, 1.165) is 25.6 Å². The standard InChI is InChI=1S/C13H27NO/c1-4-11(3)13(15)10-14(5-2)12-8-6-7-9-12/h11-13,15H,4-10H2,1-3H3. The lowest BCUT2D eigenvalue weighted by Crippen LogP contribution is -2.41. The zero-order valence-electron chi connectivity index (χ0n) is 10.6. The molecule has 1 aliphatic carbocycles. The summed E-state index contributed by atoms with van der Waals surface area (Å²) in [5.74, 6) is 0.431. The highest BCUT2D eigenvalue weighted by atomic mass is 16.3. The number of hydrogen-bond acceptors (Lipinski definition) is 2. The summed E-state index contributed by atoms with van der Waals surface area (Å²) in [6.07, 6.45) is 6.35. The average molecular weight is 213 g/mol. The molecule has 0 spiro atoms. The molecule has 0 aromatic rings. The fourth-order valence-electron chi connectivity index (χ4n) is 2.50. The van der Waals surface area contributed by atoms with Crippen molar-refractivity contribution in [3.63, 3.8) is 0 Å². The Hall–Kier alpha value is -0.0800. The minimum Gasteiger partial charge on any atom is -0.392 e. The summed E-state index contributed by atoms with van der Waals surface area (Å²) in [6.45, 7) is 8.46. The van der Waals surface area contributed by atoms with Crippen molar-refractivity contribution in [1.29, 1.82) is 0 Å². The van der Waals surface area contributed by atoms with Crippen LogP contribution in [0.4, 0.5) is 0 Å². The summed E-state index contributed by atoms with van der Waals surface area (Å²) in [7, 11) is 0. The Labute approximate surface area is 94.7 Å². The van der Waals surface area contributed by atoms with Gasteiger partial charge in [0.15, 0.2) is 0 Å². The number of aliphatic hydroxyl groups is 1. The van der Waals surface area contributed by atoms with Gasteiger partial charge in [0.25, 0.3) is 0 Å². The van der Waals surface area contributed by atoms with Crippen LogP contribution in [0.2, 0.25) is 0 Å². The third-order valence-electron chi connectivity index (χ3n) is 3.97. The zero-order chi connectivity index (χ0) is 11.3. The first kappa shape index (κ1) is 13.0. The van der Waals surface area contributed by atoms with E-state index in [2.05, 4.69) is 25.7 Å². The molecule has 0 bridgehead atoms. The summed E-state index contributed by atoms with van der Waals surface area (Å²) in [5.41, 5.74) is 0. The Balaban J connectivity index is 2.38. The second kappa shape index (κ2) is 6.49. The van der Waals surface area contributed by atoms with Crippen LogP contribution in [0.25, 0.3) is 0 Å². The fourth-order valence-corrected chi connectivity index (χ4v) is 2.50. The molecule has 2 atom stereocenters. The molecular weight excluding hydrogens is 186 g/mol. The lowest BCUT2D eigenvalue weighted by atomic mass is 10.0. The third kappa shape index (κ3) is 3.76. The van der Waals surface area contributed by atoms with Crippen molar-refractivity contribution in [3.8, 4) is 0 Å². The zero-order valence-corrected chi connectivity index (χ0v) is 10.6. The largest absolute Gasteiger partial charge is 0.392 e. The summed E-state index contributed by atoms with van der Waals surface area (Å²) < 4.78 is 0. The first-order valence-corrected chi connectivity index (χ1v) is 6.61. The number of rotatable bonds is 6. The van der Waals surface area contributed by atoms with Crippen molar-refractivity contribution in [2.24, 2.45) is 5.92 Å². The van der Waals surface area contributed by atoms with Crippen LogP contribution in [0, 0.1) is 5.92 Å². The Morgan fingerprint density at radius 1 is 1.27 bits per heavy atom. The van der Waals surface area contributed by atoms with Gasteiger partial charge in [0.1, 0.15) is 0 Å². The van der Waals surface area contributed by atoms with E-state index in [9.17, 15) is 5.11 Å². The molecular formula is C13H27NO. The maximum absolute atomic E-state index is 10.0. The molecule has 0 heterocycles. The van der Waals surface area contributed by atoms with Crippen molar-refractivity contribution in [1.82, 2.24) is 4.90 Å². The van der Waals surface area contributed by atoms with Crippen molar-refractivity contribution in [2.45, 2.75) is 65.0 Å². The minimum atomic E-state index is -0.143. The van der Waals surface area contributed by atoms with Crippen LogP contribution < -0.4 is 0 Å². The van der Waals surface area contributed by atoms with Crippen LogP contribution in [0.5, 0.6) is 0 Å². The lowest BCUT2D eigenvalue weighted by Gasteiger charge is -2.31. The smallest absolute Gasteiger partial charge is 0.0692 e. The molecule has 90 valence electrons. The van der Waals surface area contributed by atoms with Gasteiger partial charge in [-0.05, 0) is 25.3 Å². The molecule has 0 saturated heterocycles. The molecule has 2 unspecified atom stereocenters. The molecule has 0 amide bonds. The van der Waals surface area contributed by atoms with E-state index in [1.807, 2.05) is 0 Å². The van der Waals surface area contributed by atoms with E-state index >= 15 is 0 Å². The molecule has 0 aromatic carbocycles. The lowest BCUT2D eigenvalue weighted by molar-refractivity contribution is 0.0539. The second-order valence-electron chi connectivity index (χ2n) is 4.98. The number of aliphatic hydroxyl groups excluding tert-OH is 1. The maximum atomic E-state index is 10.0. The summed E-state index contributed by atoms with van der Waals surface area (Å²) in [4.78, 5) is 2.48. The predicted octanol–water partition coefficient (Wildman–Crippen LogP) is 2.66.